The maximum Gasteiger partial charge on any atom is 0.143 e. The summed E-state index contributed by atoms with van der Waals surface area (Å²) in [5, 5.41) is 2.21. The van der Waals surface area contributed by atoms with Gasteiger partial charge in [0.2, 0.25) is 0 Å². The van der Waals surface area contributed by atoms with Gasteiger partial charge in [-0.05, 0) is 137 Å². The number of fused-ring (bicyclic) bond motifs is 12. The van der Waals surface area contributed by atoms with E-state index in [-0.39, 0.29) is 10.8 Å². The minimum absolute atomic E-state index is 0.137. The van der Waals surface area contributed by atoms with Crippen molar-refractivity contribution in [2.24, 2.45) is 0 Å². The number of nitrogens with zero attached hydrogens (tertiary/aromatic N) is 1. The van der Waals surface area contributed by atoms with E-state index >= 15 is 0 Å². The van der Waals surface area contributed by atoms with Crippen molar-refractivity contribution in [1.82, 2.24) is 0 Å². The number of rotatable bonds is 8. The molecule has 0 aliphatic heterocycles. The summed E-state index contributed by atoms with van der Waals surface area (Å²) in [6.07, 6.45) is 0. The highest BCUT2D eigenvalue weighted by Crippen LogP contribution is 2.57. The molecule has 0 spiro atoms. The average molecular weight is 1040 g/mol. The zero-order chi connectivity index (χ0) is 54.2. The van der Waals surface area contributed by atoms with Gasteiger partial charge >= 0.3 is 0 Å². The molecule has 16 rings (SSSR count). The van der Waals surface area contributed by atoms with Gasteiger partial charge < -0.3 is 9.32 Å². The van der Waals surface area contributed by atoms with Gasteiger partial charge in [-0.1, -0.05) is 264 Å². The van der Waals surface area contributed by atoms with Crippen molar-refractivity contribution in [3.8, 4) is 66.8 Å². The summed E-state index contributed by atoms with van der Waals surface area (Å²) in [6, 6.07) is 101. The van der Waals surface area contributed by atoms with Crippen LogP contribution in [0.15, 0.2) is 277 Å². The SMILES string of the molecule is CC1(C)c2ccccc2-c2ccc(N(c3ccc(-c4cccc5c4oc4c(-c6ccc(C7(c8ccc(-c9ccccc9)cc8)c8ccccc8-c8ccccc87)cc6)cccc45)cc3)c3ccc4c(c3)C(C)(C)c3ccccc3-4)cc21. The summed E-state index contributed by atoms with van der Waals surface area (Å²) in [6.45, 7) is 9.46. The third-order valence-corrected chi connectivity index (χ3v) is 18.6. The predicted octanol–water partition coefficient (Wildman–Crippen LogP) is 21.0. The first kappa shape index (κ1) is 47.3. The molecule has 0 bridgehead atoms. The quantitative estimate of drug-likeness (QED) is 0.151. The number of anilines is 3. The van der Waals surface area contributed by atoms with Gasteiger partial charge in [0, 0.05) is 49.8 Å². The molecule has 0 atom stereocenters. The first-order valence-electron chi connectivity index (χ1n) is 28.5. The van der Waals surface area contributed by atoms with Crippen LogP contribution in [-0.4, -0.2) is 0 Å². The zero-order valence-corrected chi connectivity index (χ0v) is 45.8. The van der Waals surface area contributed by atoms with Crippen LogP contribution >= 0.6 is 0 Å². The van der Waals surface area contributed by atoms with E-state index in [2.05, 4.69) is 306 Å². The first-order chi connectivity index (χ1) is 39.7. The minimum Gasteiger partial charge on any atom is -0.455 e. The second kappa shape index (κ2) is 17.6. The van der Waals surface area contributed by atoms with Gasteiger partial charge in [-0.3, -0.25) is 0 Å². The molecule has 0 amide bonds. The van der Waals surface area contributed by atoms with Crippen LogP contribution in [0.4, 0.5) is 17.1 Å². The average Bonchev–Trinajstić information content (AvgIpc) is 3.47. The number of benzene rings is 12. The topological polar surface area (TPSA) is 16.4 Å². The molecule has 0 saturated carbocycles. The predicted molar refractivity (Wildman–Crippen MR) is 337 cm³/mol. The molecule has 0 saturated heterocycles. The number of hydrogen-bond donors (Lipinski definition) is 0. The highest BCUT2D eigenvalue weighted by molar-refractivity contribution is 6.13. The van der Waals surface area contributed by atoms with Crippen molar-refractivity contribution in [1.29, 1.82) is 0 Å². The van der Waals surface area contributed by atoms with Crippen LogP contribution in [0.25, 0.3) is 88.7 Å². The number of hydrogen-bond acceptors (Lipinski definition) is 2. The summed E-state index contributed by atoms with van der Waals surface area (Å²) in [4.78, 5) is 2.45. The van der Waals surface area contributed by atoms with E-state index in [9.17, 15) is 0 Å². The number of furan rings is 1. The highest BCUT2D eigenvalue weighted by Gasteiger charge is 2.46. The van der Waals surface area contributed by atoms with E-state index in [1.165, 1.54) is 89.0 Å². The zero-order valence-electron chi connectivity index (χ0n) is 45.8. The van der Waals surface area contributed by atoms with Crippen LogP contribution < -0.4 is 4.90 Å². The van der Waals surface area contributed by atoms with Crippen LogP contribution in [0.2, 0.25) is 0 Å². The Morgan fingerprint density at radius 3 is 1.07 bits per heavy atom. The Kier molecular flexibility index (Phi) is 10.3. The van der Waals surface area contributed by atoms with Crippen molar-refractivity contribution in [2.45, 2.75) is 43.9 Å². The van der Waals surface area contributed by atoms with Crippen molar-refractivity contribution in [3.05, 3.63) is 317 Å². The van der Waals surface area contributed by atoms with Gasteiger partial charge in [0.15, 0.2) is 0 Å². The first-order valence-corrected chi connectivity index (χ1v) is 28.5. The lowest BCUT2D eigenvalue weighted by Gasteiger charge is -2.34. The lowest BCUT2D eigenvalue weighted by molar-refractivity contribution is 0.660. The maximum absolute atomic E-state index is 7.17. The van der Waals surface area contributed by atoms with Crippen molar-refractivity contribution in [3.63, 3.8) is 0 Å². The standard InChI is InChI=1S/C79H57NO/c1-77(2)69-28-12-8-20-61(69)65-46-44-57(48-73(65)77)80(58-45-47-66-62-21-9-13-29-70(62)78(3,4)74(66)49-58)56-42-36-53(37-43-56)60-25-17-27-68-67-26-16-24-59(75(67)81-76(60)68)52-34-40-55(41-35-52)79(54-38-32-51(33-39-54)50-18-6-5-7-19-50)71-30-14-10-22-63(71)64-23-11-15-31-72(64)79/h5-49H,1-4H3. The third kappa shape index (κ3) is 6.87. The van der Waals surface area contributed by atoms with Gasteiger partial charge in [0.25, 0.3) is 0 Å². The second-order valence-electron chi connectivity index (χ2n) is 23.5. The van der Waals surface area contributed by atoms with Crippen LogP contribution in [-0.2, 0) is 16.2 Å². The molecule has 0 radical (unpaired) electrons. The lowest BCUT2D eigenvalue weighted by atomic mass is 9.67. The molecule has 0 N–H and O–H groups in total. The molecule has 0 fully saturated rings. The minimum atomic E-state index is -0.511. The Labute approximate surface area is 473 Å². The molecule has 3 aliphatic carbocycles. The van der Waals surface area contributed by atoms with Gasteiger partial charge in [0.05, 0.1) is 5.41 Å². The summed E-state index contributed by atoms with van der Waals surface area (Å²) in [5.74, 6) is 0. The molecule has 2 nitrogen and oxygen atoms in total. The fraction of sp³-hybridized carbons (Fsp3) is 0.0886. The van der Waals surface area contributed by atoms with E-state index in [1.54, 1.807) is 0 Å². The summed E-state index contributed by atoms with van der Waals surface area (Å²) >= 11 is 0. The summed E-state index contributed by atoms with van der Waals surface area (Å²) in [5.41, 5.74) is 29.5. The largest absolute Gasteiger partial charge is 0.455 e. The van der Waals surface area contributed by atoms with Gasteiger partial charge in [0.1, 0.15) is 11.2 Å². The van der Waals surface area contributed by atoms with Crippen molar-refractivity contribution >= 4 is 39.0 Å². The van der Waals surface area contributed by atoms with Crippen LogP contribution in [0, 0.1) is 0 Å². The van der Waals surface area contributed by atoms with Crippen LogP contribution in [0.3, 0.4) is 0 Å². The van der Waals surface area contributed by atoms with E-state index in [1.807, 2.05) is 0 Å². The normalized spacial score (nSPS) is 14.5. The van der Waals surface area contributed by atoms with Gasteiger partial charge in [-0.25, -0.2) is 0 Å². The lowest BCUT2D eigenvalue weighted by Crippen LogP contribution is -2.28. The maximum atomic E-state index is 7.17. The molecule has 1 aromatic heterocycles. The monoisotopic (exact) mass is 1040 g/mol. The van der Waals surface area contributed by atoms with E-state index in [0.717, 1.165) is 61.3 Å². The molecule has 384 valence electrons. The van der Waals surface area contributed by atoms with E-state index in [0.29, 0.717) is 0 Å². The van der Waals surface area contributed by atoms with E-state index < -0.39 is 5.41 Å². The Hall–Kier alpha value is -9.76. The Bertz CT molecular complexity index is 4520. The van der Waals surface area contributed by atoms with Crippen molar-refractivity contribution < 1.29 is 4.42 Å². The molecular weight excluding hydrogens is 979 g/mol. The smallest absolute Gasteiger partial charge is 0.143 e. The molecule has 12 aromatic carbocycles. The van der Waals surface area contributed by atoms with Crippen LogP contribution in [0.1, 0.15) is 72.2 Å². The highest BCUT2D eigenvalue weighted by atomic mass is 16.3. The van der Waals surface area contributed by atoms with Crippen LogP contribution in [0.5, 0.6) is 0 Å². The Balaban J connectivity index is 0.784. The number of para-hydroxylation sites is 2. The molecule has 3 aliphatic rings. The molecule has 0 unspecified atom stereocenters. The van der Waals surface area contributed by atoms with Gasteiger partial charge in [-0.2, -0.15) is 0 Å². The molecule has 1 heterocycles. The fourth-order valence-corrected chi connectivity index (χ4v) is 14.6. The molecule has 81 heavy (non-hydrogen) atoms. The second-order valence-corrected chi connectivity index (χ2v) is 23.5. The Morgan fingerprint density at radius 1 is 0.259 bits per heavy atom. The molecule has 2 heteroatoms. The van der Waals surface area contributed by atoms with Gasteiger partial charge in [-0.15, -0.1) is 0 Å². The summed E-state index contributed by atoms with van der Waals surface area (Å²) in [7, 11) is 0. The third-order valence-electron chi connectivity index (χ3n) is 18.6. The summed E-state index contributed by atoms with van der Waals surface area (Å²) < 4.78 is 7.17. The fourth-order valence-electron chi connectivity index (χ4n) is 14.6. The van der Waals surface area contributed by atoms with Crippen molar-refractivity contribution in [2.75, 3.05) is 4.90 Å². The molecular formula is C79H57NO. The van der Waals surface area contributed by atoms with E-state index in [4.69, 9.17) is 4.42 Å². The Morgan fingerprint density at radius 2 is 0.605 bits per heavy atom. The molecule has 13 aromatic rings.